The van der Waals surface area contributed by atoms with Crippen LogP contribution in [-0.2, 0) is 6.42 Å². The zero-order valence-electron chi connectivity index (χ0n) is 10.7. The van der Waals surface area contributed by atoms with Gasteiger partial charge in [0.05, 0.1) is 0 Å². The third-order valence-corrected chi connectivity index (χ3v) is 3.64. The van der Waals surface area contributed by atoms with Gasteiger partial charge >= 0.3 is 0 Å². The fourth-order valence-corrected chi connectivity index (χ4v) is 2.18. The molecular formula is C15H23F. The second-order valence-corrected chi connectivity index (χ2v) is 5.04. The van der Waals surface area contributed by atoms with Gasteiger partial charge < -0.3 is 0 Å². The highest BCUT2D eigenvalue weighted by Gasteiger charge is 2.20. The first-order chi connectivity index (χ1) is 7.59. The van der Waals surface area contributed by atoms with E-state index >= 15 is 0 Å². The normalized spacial score (nSPS) is 14.8. The summed E-state index contributed by atoms with van der Waals surface area (Å²) in [5, 5.41) is 0. The molecular weight excluding hydrogens is 199 g/mol. The summed E-state index contributed by atoms with van der Waals surface area (Å²) in [5.41, 5.74) is 1.69. The van der Waals surface area contributed by atoms with Crippen LogP contribution in [0.15, 0.2) is 24.3 Å². The molecule has 0 fully saturated rings. The summed E-state index contributed by atoms with van der Waals surface area (Å²) in [6, 6.07) is 6.91. The van der Waals surface area contributed by atoms with Crippen molar-refractivity contribution in [3.05, 3.63) is 35.6 Å². The second kappa shape index (κ2) is 6.03. The molecule has 0 bridgehead atoms. The predicted octanol–water partition coefficient (Wildman–Crippen LogP) is 4.97. The van der Waals surface area contributed by atoms with E-state index in [1.54, 1.807) is 12.1 Å². The molecule has 90 valence electrons. The van der Waals surface area contributed by atoms with Crippen LogP contribution >= 0.6 is 0 Å². The molecule has 0 radical (unpaired) electrons. The van der Waals surface area contributed by atoms with Crippen LogP contribution in [0.5, 0.6) is 0 Å². The molecule has 1 rings (SSSR count). The van der Waals surface area contributed by atoms with Crippen LogP contribution in [0, 0.1) is 11.2 Å². The van der Waals surface area contributed by atoms with Crippen molar-refractivity contribution in [2.24, 2.45) is 5.41 Å². The topological polar surface area (TPSA) is 0 Å². The van der Waals surface area contributed by atoms with E-state index in [1.807, 2.05) is 12.1 Å². The summed E-state index contributed by atoms with van der Waals surface area (Å²) in [5.74, 6) is -0.143. The van der Waals surface area contributed by atoms with Gasteiger partial charge in [0.25, 0.3) is 0 Å². The van der Waals surface area contributed by atoms with Crippen molar-refractivity contribution < 1.29 is 4.39 Å². The van der Waals surface area contributed by atoms with Crippen LogP contribution in [0.25, 0.3) is 0 Å². The maximum absolute atomic E-state index is 12.7. The first-order valence-corrected chi connectivity index (χ1v) is 6.34. The third kappa shape index (κ3) is 3.96. The van der Waals surface area contributed by atoms with E-state index in [9.17, 15) is 4.39 Å². The second-order valence-electron chi connectivity index (χ2n) is 5.04. The minimum absolute atomic E-state index is 0.143. The Hall–Kier alpha value is -0.850. The van der Waals surface area contributed by atoms with E-state index in [2.05, 4.69) is 20.8 Å². The Labute approximate surface area is 98.9 Å². The molecule has 1 aromatic carbocycles. The Morgan fingerprint density at radius 2 is 1.69 bits per heavy atom. The molecule has 1 atom stereocenters. The average Bonchev–Trinajstić information content (AvgIpc) is 2.29. The number of halogens is 1. The predicted molar refractivity (Wildman–Crippen MR) is 68.0 cm³/mol. The van der Waals surface area contributed by atoms with E-state index < -0.39 is 0 Å². The van der Waals surface area contributed by atoms with Crippen molar-refractivity contribution in [3.8, 4) is 0 Å². The molecule has 0 aromatic heterocycles. The maximum atomic E-state index is 12.7. The molecule has 0 spiro atoms. The largest absolute Gasteiger partial charge is 0.207 e. The summed E-state index contributed by atoms with van der Waals surface area (Å²) in [6.07, 6.45) is 6.01. The fraction of sp³-hybridized carbons (Fsp3) is 0.600. The smallest absolute Gasteiger partial charge is 0.123 e. The molecule has 0 amide bonds. The molecule has 0 saturated carbocycles. The molecule has 1 aromatic rings. The molecule has 0 N–H and O–H groups in total. The molecule has 0 aliphatic carbocycles. The van der Waals surface area contributed by atoms with Gasteiger partial charge in [0.1, 0.15) is 5.82 Å². The van der Waals surface area contributed by atoms with Crippen molar-refractivity contribution in [1.82, 2.24) is 0 Å². The zero-order valence-corrected chi connectivity index (χ0v) is 10.7. The monoisotopic (exact) mass is 222 g/mol. The lowest BCUT2D eigenvalue weighted by atomic mass is 9.78. The van der Waals surface area contributed by atoms with E-state index in [4.69, 9.17) is 0 Å². The Balaban J connectivity index is 2.52. The zero-order chi connectivity index (χ0) is 12.0. The van der Waals surface area contributed by atoms with Gasteiger partial charge in [-0.15, -0.1) is 0 Å². The van der Waals surface area contributed by atoms with Gasteiger partial charge in [0.2, 0.25) is 0 Å². The molecule has 0 nitrogen and oxygen atoms in total. The molecule has 0 saturated heterocycles. The SMILES string of the molecule is CCCC(C)(CC)CCc1ccc(F)cc1. The molecule has 0 aliphatic rings. The Bertz CT molecular complexity index is 302. The van der Waals surface area contributed by atoms with Crippen LogP contribution in [0.4, 0.5) is 4.39 Å². The standard InChI is InChI=1S/C15H23F/c1-4-11-15(3,5-2)12-10-13-6-8-14(16)9-7-13/h6-9H,4-5,10-12H2,1-3H3. The van der Waals surface area contributed by atoms with Crippen LogP contribution in [-0.4, -0.2) is 0 Å². The summed E-state index contributed by atoms with van der Waals surface area (Å²) in [7, 11) is 0. The van der Waals surface area contributed by atoms with Gasteiger partial charge in [-0.05, 0) is 42.4 Å². The van der Waals surface area contributed by atoms with Gasteiger partial charge in [-0.2, -0.15) is 0 Å². The molecule has 1 heteroatoms. The van der Waals surface area contributed by atoms with E-state index in [1.165, 1.54) is 31.2 Å². The fourth-order valence-electron chi connectivity index (χ4n) is 2.18. The quantitative estimate of drug-likeness (QED) is 0.637. The molecule has 0 aliphatic heterocycles. The van der Waals surface area contributed by atoms with Gasteiger partial charge in [-0.25, -0.2) is 4.39 Å². The number of rotatable bonds is 6. The van der Waals surface area contributed by atoms with Crippen LogP contribution < -0.4 is 0 Å². The van der Waals surface area contributed by atoms with Gasteiger partial charge in [0, 0.05) is 0 Å². The van der Waals surface area contributed by atoms with Crippen molar-refractivity contribution in [2.75, 3.05) is 0 Å². The summed E-state index contributed by atoms with van der Waals surface area (Å²) in [6.45, 7) is 6.87. The van der Waals surface area contributed by atoms with Crippen molar-refractivity contribution in [3.63, 3.8) is 0 Å². The maximum Gasteiger partial charge on any atom is 0.123 e. The number of hydrogen-bond acceptors (Lipinski definition) is 0. The first-order valence-electron chi connectivity index (χ1n) is 6.34. The molecule has 1 unspecified atom stereocenters. The lowest BCUT2D eigenvalue weighted by Gasteiger charge is -2.27. The van der Waals surface area contributed by atoms with Crippen molar-refractivity contribution in [1.29, 1.82) is 0 Å². The highest BCUT2D eigenvalue weighted by Crippen LogP contribution is 2.32. The van der Waals surface area contributed by atoms with Crippen molar-refractivity contribution in [2.45, 2.75) is 52.9 Å². The molecule has 16 heavy (non-hydrogen) atoms. The van der Waals surface area contributed by atoms with Gasteiger partial charge in [-0.3, -0.25) is 0 Å². The summed E-state index contributed by atoms with van der Waals surface area (Å²) < 4.78 is 12.7. The number of aryl methyl sites for hydroxylation is 1. The third-order valence-electron chi connectivity index (χ3n) is 3.64. The van der Waals surface area contributed by atoms with Gasteiger partial charge in [-0.1, -0.05) is 45.7 Å². The molecule has 0 heterocycles. The van der Waals surface area contributed by atoms with E-state index in [0.29, 0.717) is 5.41 Å². The van der Waals surface area contributed by atoms with E-state index in [-0.39, 0.29) is 5.82 Å². The minimum Gasteiger partial charge on any atom is -0.207 e. The highest BCUT2D eigenvalue weighted by atomic mass is 19.1. The minimum atomic E-state index is -0.143. The Morgan fingerprint density at radius 1 is 1.06 bits per heavy atom. The van der Waals surface area contributed by atoms with E-state index in [0.717, 1.165) is 6.42 Å². The van der Waals surface area contributed by atoms with Crippen molar-refractivity contribution >= 4 is 0 Å². The van der Waals surface area contributed by atoms with Crippen LogP contribution in [0.2, 0.25) is 0 Å². The Morgan fingerprint density at radius 3 is 2.19 bits per heavy atom. The summed E-state index contributed by atoms with van der Waals surface area (Å²) in [4.78, 5) is 0. The van der Waals surface area contributed by atoms with Crippen LogP contribution in [0.1, 0.15) is 52.0 Å². The van der Waals surface area contributed by atoms with Gasteiger partial charge in [0.15, 0.2) is 0 Å². The Kier molecular flexibility index (Phi) is 4.98. The summed E-state index contributed by atoms with van der Waals surface area (Å²) >= 11 is 0. The lowest BCUT2D eigenvalue weighted by molar-refractivity contribution is 0.258. The average molecular weight is 222 g/mol. The highest BCUT2D eigenvalue weighted by molar-refractivity contribution is 5.16. The first kappa shape index (κ1) is 13.2. The lowest BCUT2D eigenvalue weighted by Crippen LogP contribution is -2.15. The number of benzene rings is 1. The number of hydrogen-bond donors (Lipinski definition) is 0. The van der Waals surface area contributed by atoms with Crippen LogP contribution in [0.3, 0.4) is 0 Å².